The van der Waals surface area contributed by atoms with E-state index in [0.717, 1.165) is 0 Å². The van der Waals surface area contributed by atoms with Gasteiger partial charge in [0.2, 0.25) is 29.5 Å². The lowest BCUT2D eigenvalue weighted by molar-refractivity contribution is -0.142. The average Bonchev–Trinajstić information content (AvgIpc) is 2.62. The minimum absolute atomic E-state index is 0.0365. The maximum Gasteiger partial charge on any atom is 0.326 e. The molecule has 0 aliphatic rings. The fourth-order valence-corrected chi connectivity index (χ4v) is 2.16. The summed E-state index contributed by atoms with van der Waals surface area (Å²) in [6.45, 7) is 1.31. The first-order valence-electron chi connectivity index (χ1n) is 8.46. The van der Waals surface area contributed by atoms with Gasteiger partial charge in [-0.15, -0.1) is 0 Å². The lowest BCUT2D eigenvalue weighted by atomic mass is 10.1. The van der Waals surface area contributed by atoms with Crippen molar-refractivity contribution in [1.82, 2.24) is 16.0 Å². The zero-order chi connectivity index (χ0) is 22.7. The molecular weight excluding hydrogens is 408 g/mol. The van der Waals surface area contributed by atoms with Crippen LogP contribution in [0.5, 0.6) is 0 Å². The zero-order valence-electron chi connectivity index (χ0n) is 15.7. The molecule has 14 heteroatoms. The van der Waals surface area contributed by atoms with E-state index in [0.29, 0.717) is 0 Å². The molecule has 0 bridgehead atoms. The van der Waals surface area contributed by atoms with Crippen molar-refractivity contribution < 1.29 is 33.9 Å². The maximum absolute atomic E-state index is 12.3. The van der Waals surface area contributed by atoms with Gasteiger partial charge < -0.3 is 38.3 Å². The van der Waals surface area contributed by atoms with Crippen LogP contribution in [0.2, 0.25) is 0 Å². The molecule has 0 fully saturated rings. The van der Waals surface area contributed by atoms with Crippen molar-refractivity contribution in [2.45, 2.75) is 50.4 Å². The Hall–Kier alpha value is -2.87. The van der Waals surface area contributed by atoms with Gasteiger partial charge >= 0.3 is 5.97 Å². The molecule has 13 nitrogen and oxygen atoms in total. The predicted octanol–water partition coefficient (Wildman–Crippen LogP) is -4.06. The van der Waals surface area contributed by atoms with Crippen LogP contribution in [0.4, 0.5) is 0 Å². The summed E-state index contributed by atoms with van der Waals surface area (Å²) >= 11 is 3.86. The molecule has 0 aromatic rings. The van der Waals surface area contributed by atoms with Crippen LogP contribution in [-0.4, -0.2) is 70.5 Å². The molecule has 0 saturated carbocycles. The Morgan fingerprint density at radius 3 is 1.90 bits per heavy atom. The molecule has 0 aromatic heterocycles. The van der Waals surface area contributed by atoms with Crippen molar-refractivity contribution >= 4 is 48.1 Å². The lowest BCUT2D eigenvalue weighted by Gasteiger charge is -2.23. The van der Waals surface area contributed by atoms with Gasteiger partial charge in [0.1, 0.15) is 18.1 Å². The van der Waals surface area contributed by atoms with E-state index in [1.165, 1.54) is 6.92 Å². The monoisotopic (exact) mass is 434 g/mol. The zero-order valence-corrected chi connectivity index (χ0v) is 16.6. The first-order chi connectivity index (χ1) is 13.4. The van der Waals surface area contributed by atoms with Gasteiger partial charge in [-0.05, 0) is 13.3 Å². The fraction of sp³-hybridized carbons (Fsp3) is 0.600. The molecule has 0 radical (unpaired) electrons. The third-order valence-corrected chi connectivity index (χ3v) is 4.01. The quantitative estimate of drug-likeness (QED) is 0.132. The predicted molar refractivity (Wildman–Crippen MR) is 103 cm³/mol. The van der Waals surface area contributed by atoms with E-state index in [9.17, 15) is 28.8 Å². The van der Waals surface area contributed by atoms with Crippen molar-refractivity contribution in [2.24, 2.45) is 17.2 Å². The summed E-state index contributed by atoms with van der Waals surface area (Å²) < 4.78 is 0. The van der Waals surface area contributed by atoms with Crippen LogP contribution in [-0.2, 0) is 28.8 Å². The minimum Gasteiger partial charge on any atom is -0.480 e. The number of nitrogens with two attached hydrogens (primary N) is 3. The number of aliphatic carboxylic acids is 1. The topological polar surface area (TPSA) is 237 Å². The molecule has 0 heterocycles. The number of thiol groups is 1. The number of carboxylic acids is 1. The molecule has 29 heavy (non-hydrogen) atoms. The molecule has 0 saturated heterocycles. The van der Waals surface area contributed by atoms with Gasteiger partial charge in [0.25, 0.3) is 0 Å². The summed E-state index contributed by atoms with van der Waals surface area (Å²) in [5.41, 5.74) is 15.5. The van der Waals surface area contributed by atoms with Gasteiger partial charge in [-0.2, -0.15) is 12.6 Å². The van der Waals surface area contributed by atoms with Crippen molar-refractivity contribution in [2.75, 3.05) is 5.75 Å². The maximum atomic E-state index is 12.3. The molecule has 4 unspecified atom stereocenters. The van der Waals surface area contributed by atoms with Gasteiger partial charge in [-0.1, -0.05) is 0 Å². The number of hydrogen-bond acceptors (Lipinski definition) is 8. The number of rotatable bonds is 13. The summed E-state index contributed by atoms with van der Waals surface area (Å²) in [5.74, 6) is -5.62. The van der Waals surface area contributed by atoms with E-state index in [1.54, 1.807) is 0 Å². The van der Waals surface area contributed by atoms with Gasteiger partial charge in [-0.25, -0.2) is 4.79 Å². The molecule has 0 rings (SSSR count). The van der Waals surface area contributed by atoms with Crippen molar-refractivity contribution in [3.8, 4) is 0 Å². The van der Waals surface area contributed by atoms with E-state index in [-0.39, 0.29) is 18.6 Å². The van der Waals surface area contributed by atoms with Gasteiger partial charge in [0.15, 0.2) is 0 Å². The van der Waals surface area contributed by atoms with Crippen molar-refractivity contribution in [3.63, 3.8) is 0 Å². The Bertz CT molecular complexity index is 659. The van der Waals surface area contributed by atoms with Crippen LogP contribution in [0.1, 0.15) is 26.2 Å². The number of carboxylic acid groups (broad SMARTS) is 1. The van der Waals surface area contributed by atoms with Crippen LogP contribution >= 0.6 is 12.6 Å². The highest BCUT2D eigenvalue weighted by Crippen LogP contribution is 2.01. The Morgan fingerprint density at radius 2 is 1.45 bits per heavy atom. The highest BCUT2D eigenvalue weighted by Gasteiger charge is 2.29. The van der Waals surface area contributed by atoms with E-state index >= 15 is 0 Å². The molecule has 164 valence electrons. The molecule has 4 atom stereocenters. The van der Waals surface area contributed by atoms with E-state index in [1.807, 2.05) is 0 Å². The molecule has 10 N–H and O–H groups in total. The Balaban J connectivity index is 5.13. The third kappa shape index (κ3) is 10.3. The smallest absolute Gasteiger partial charge is 0.326 e. The standard InChI is InChI=1S/C15H26N6O7S/c1-6(19-13(25)7(16)5-29)12(24)21-9(4-11(18)23)14(26)20-8(15(27)28)2-3-10(17)22/h6-9,29H,2-5,16H2,1H3,(H2,17,22)(H2,18,23)(H,19,25)(H,20,26)(H,21,24)(H,27,28). The number of hydrogen-bond donors (Lipinski definition) is 8. The highest BCUT2D eigenvalue weighted by atomic mass is 32.1. The summed E-state index contributed by atoms with van der Waals surface area (Å²) in [6, 6.07) is -5.07. The molecular formula is C15H26N6O7S. The fourth-order valence-electron chi connectivity index (χ4n) is 1.99. The van der Waals surface area contributed by atoms with Crippen LogP contribution in [0.3, 0.4) is 0 Å². The second-order valence-corrected chi connectivity index (χ2v) is 6.52. The summed E-state index contributed by atoms with van der Waals surface area (Å²) in [4.78, 5) is 69.5. The van der Waals surface area contributed by atoms with Crippen molar-refractivity contribution in [1.29, 1.82) is 0 Å². The van der Waals surface area contributed by atoms with Crippen LogP contribution in [0, 0.1) is 0 Å². The molecule has 0 spiro atoms. The number of carbonyl (C=O) groups is 6. The second kappa shape index (κ2) is 12.6. The third-order valence-electron chi connectivity index (χ3n) is 3.62. The molecule has 5 amide bonds. The van der Waals surface area contributed by atoms with E-state index in [2.05, 4.69) is 28.6 Å². The minimum atomic E-state index is -1.51. The Morgan fingerprint density at radius 1 is 0.897 bits per heavy atom. The van der Waals surface area contributed by atoms with Crippen LogP contribution < -0.4 is 33.2 Å². The number of nitrogens with one attached hydrogen (secondary N) is 3. The van der Waals surface area contributed by atoms with Crippen molar-refractivity contribution in [3.05, 3.63) is 0 Å². The normalized spacial score (nSPS) is 14.6. The molecule has 0 aliphatic carbocycles. The Labute approximate surface area is 171 Å². The highest BCUT2D eigenvalue weighted by molar-refractivity contribution is 7.80. The number of carbonyl (C=O) groups excluding carboxylic acids is 5. The molecule has 0 aromatic carbocycles. The largest absolute Gasteiger partial charge is 0.480 e. The lowest BCUT2D eigenvalue weighted by Crippen LogP contribution is -2.57. The van der Waals surface area contributed by atoms with Crippen LogP contribution in [0.15, 0.2) is 0 Å². The summed E-state index contributed by atoms with van der Waals surface area (Å²) in [7, 11) is 0. The summed E-state index contributed by atoms with van der Waals surface area (Å²) in [6.07, 6.45) is -1.23. The van der Waals surface area contributed by atoms with E-state index < -0.39 is 66.1 Å². The molecule has 0 aliphatic heterocycles. The number of primary amides is 2. The SMILES string of the molecule is CC(NC(=O)C(N)CS)C(=O)NC(CC(N)=O)C(=O)NC(CCC(N)=O)C(=O)O. The second-order valence-electron chi connectivity index (χ2n) is 6.16. The Kier molecular flexibility index (Phi) is 11.3. The first-order valence-corrected chi connectivity index (χ1v) is 9.09. The first kappa shape index (κ1) is 26.1. The van der Waals surface area contributed by atoms with Gasteiger partial charge in [0.05, 0.1) is 12.5 Å². The number of amides is 5. The summed E-state index contributed by atoms with van der Waals surface area (Å²) in [5, 5.41) is 15.7. The van der Waals surface area contributed by atoms with Gasteiger partial charge in [0, 0.05) is 12.2 Å². The van der Waals surface area contributed by atoms with Crippen LogP contribution in [0.25, 0.3) is 0 Å². The van der Waals surface area contributed by atoms with E-state index in [4.69, 9.17) is 22.3 Å². The van der Waals surface area contributed by atoms with Gasteiger partial charge in [-0.3, -0.25) is 24.0 Å². The average molecular weight is 434 g/mol.